The van der Waals surface area contributed by atoms with E-state index >= 15 is 0 Å². The highest BCUT2D eigenvalue weighted by molar-refractivity contribution is 5.95. The van der Waals surface area contributed by atoms with Crippen LogP contribution in [0, 0.1) is 5.82 Å². The normalized spacial score (nSPS) is 11.0. The Kier molecular flexibility index (Phi) is 4.18. The van der Waals surface area contributed by atoms with Gasteiger partial charge in [-0.05, 0) is 42.3 Å². The van der Waals surface area contributed by atoms with E-state index in [4.69, 9.17) is 0 Å². The Hall–Kier alpha value is -3.48. The summed E-state index contributed by atoms with van der Waals surface area (Å²) in [6, 6.07) is 11.8. The van der Waals surface area contributed by atoms with Gasteiger partial charge in [0.2, 0.25) is 0 Å². The first-order valence-electron chi connectivity index (χ1n) is 8.20. The SMILES string of the molecule is O=C(NCCc1c[nH]c2cc(F)ccc12)c1cccc(-c2ncn[nH]2)c1. The average molecular weight is 349 g/mol. The fraction of sp³-hybridized carbons (Fsp3) is 0.105. The summed E-state index contributed by atoms with van der Waals surface area (Å²) in [5.74, 6) is 0.189. The van der Waals surface area contributed by atoms with Gasteiger partial charge in [0.1, 0.15) is 12.1 Å². The summed E-state index contributed by atoms with van der Waals surface area (Å²) in [7, 11) is 0. The first kappa shape index (κ1) is 16.0. The van der Waals surface area contributed by atoms with Gasteiger partial charge >= 0.3 is 0 Å². The number of H-pyrrole nitrogens is 2. The van der Waals surface area contributed by atoms with E-state index in [0.29, 0.717) is 24.4 Å². The van der Waals surface area contributed by atoms with E-state index in [9.17, 15) is 9.18 Å². The maximum absolute atomic E-state index is 13.2. The number of hydrogen-bond acceptors (Lipinski definition) is 3. The maximum Gasteiger partial charge on any atom is 0.251 e. The van der Waals surface area contributed by atoms with E-state index in [-0.39, 0.29) is 11.7 Å². The van der Waals surface area contributed by atoms with Crippen molar-refractivity contribution >= 4 is 16.8 Å². The number of nitrogens with zero attached hydrogens (tertiary/aromatic N) is 2. The molecule has 0 spiro atoms. The molecule has 0 aliphatic carbocycles. The van der Waals surface area contributed by atoms with Crippen LogP contribution in [0.4, 0.5) is 4.39 Å². The third-order valence-corrected chi connectivity index (χ3v) is 4.22. The molecule has 4 rings (SSSR count). The second kappa shape index (κ2) is 6.79. The van der Waals surface area contributed by atoms with Gasteiger partial charge in [-0.25, -0.2) is 9.37 Å². The second-order valence-corrected chi connectivity index (χ2v) is 5.92. The van der Waals surface area contributed by atoms with E-state index in [0.717, 1.165) is 22.0 Å². The van der Waals surface area contributed by atoms with Gasteiger partial charge in [0.15, 0.2) is 5.82 Å². The number of nitrogens with one attached hydrogen (secondary N) is 3. The van der Waals surface area contributed by atoms with Gasteiger partial charge in [-0.15, -0.1) is 0 Å². The van der Waals surface area contributed by atoms with Crippen molar-refractivity contribution in [2.45, 2.75) is 6.42 Å². The van der Waals surface area contributed by atoms with Crippen LogP contribution in [0.2, 0.25) is 0 Å². The van der Waals surface area contributed by atoms with Crippen molar-refractivity contribution in [3.05, 3.63) is 71.9 Å². The van der Waals surface area contributed by atoms with Gasteiger partial charge < -0.3 is 10.3 Å². The number of hydrogen-bond donors (Lipinski definition) is 3. The predicted molar refractivity (Wildman–Crippen MR) is 96.1 cm³/mol. The van der Waals surface area contributed by atoms with Crippen molar-refractivity contribution < 1.29 is 9.18 Å². The number of carbonyl (C=O) groups excluding carboxylic acids is 1. The summed E-state index contributed by atoms with van der Waals surface area (Å²) in [6.07, 6.45) is 3.93. The lowest BCUT2D eigenvalue weighted by Gasteiger charge is -2.06. The molecule has 26 heavy (non-hydrogen) atoms. The number of carbonyl (C=O) groups is 1. The lowest BCUT2D eigenvalue weighted by Crippen LogP contribution is -2.25. The van der Waals surface area contributed by atoms with Crippen molar-refractivity contribution in [1.29, 1.82) is 0 Å². The summed E-state index contributed by atoms with van der Waals surface area (Å²) in [5, 5.41) is 10.5. The zero-order valence-corrected chi connectivity index (χ0v) is 13.8. The molecule has 3 N–H and O–H groups in total. The highest BCUT2D eigenvalue weighted by Crippen LogP contribution is 2.19. The molecule has 7 heteroatoms. The topological polar surface area (TPSA) is 86.5 Å². The number of aromatic amines is 2. The summed E-state index contributed by atoms with van der Waals surface area (Å²) >= 11 is 0. The molecule has 0 unspecified atom stereocenters. The standard InChI is InChI=1S/C19H16FN5O/c20-15-4-5-16-14(10-22-17(16)9-15)6-7-21-19(26)13-3-1-2-12(8-13)18-23-11-24-25-18/h1-5,8-11,22H,6-7H2,(H,21,26)(H,23,24,25). The molecule has 0 saturated heterocycles. The molecule has 4 aromatic rings. The highest BCUT2D eigenvalue weighted by Gasteiger charge is 2.09. The lowest BCUT2D eigenvalue weighted by molar-refractivity contribution is 0.0954. The van der Waals surface area contributed by atoms with Crippen LogP contribution in [-0.4, -0.2) is 32.6 Å². The van der Waals surface area contributed by atoms with Crippen LogP contribution in [0.1, 0.15) is 15.9 Å². The van der Waals surface area contributed by atoms with Crippen LogP contribution in [0.15, 0.2) is 55.0 Å². The largest absolute Gasteiger partial charge is 0.361 e. The molecular formula is C19H16FN5O. The Labute approximate surface area is 148 Å². The van der Waals surface area contributed by atoms with Crippen LogP contribution in [0.25, 0.3) is 22.3 Å². The predicted octanol–water partition coefficient (Wildman–Crippen LogP) is 3.06. The molecule has 0 saturated carbocycles. The van der Waals surface area contributed by atoms with Crippen LogP contribution in [0.5, 0.6) is 0 Å². The van der Waals surface area contributed by atoms with Crippen LogP contribution in [0.3, 0.4) is 0 Å². The number of rotatable bonds is 5. The maximum atomic E-state index is 13.2. The fourth-order valence-electron chi connectivity index (χ4n) is 2.93. The van der Waals surface area contributed by atoms with Crippen molar-refractivity contribution in [1.82, 2.24) is 25.5 Å². The molecule has 0 aliphatic heterocycles. The van der Waals surface area contributed by atoms with Crippen LogP contribution < -0.4 is 5.32 Å². The third kappa shape index (κ3) is 3.19. The van der Waals surface area contributed by atoms with E-state index in [1.54, 1.807) is 24.3 Å². The van der Waals surface area contributed by atoms with Gasteiger partial charge in [0.05, 0.1) is 0 Å². The molecular weight excluding hydrogens is 333 g/mol. The van der Waals surface area contributed by atoms with Crippen LogP contribution >= 0.6 is 0 Å². The van der Waals surface area contributed by atoms with Crippen molar-refractivity contribution in [2.75, 3.05) is 6.54 Å². The summed E-state index contributed by atoms with van der Waals surface area (Å²) in [6.45, 7) is 0.482. The minimum atomic E-state index is -0.272. The summed E-state index contributed by atoms with van der Waals surface area (Å²) < 4.78 is 13.2. The van der Waals surface area contributed by atoms with Crippen molar-refractivity contribution in [3.63, 3.8) is 0 Å². The van der Waals surface area contributed by atoms with Crippen molar-refractivity contribution in [2.24, 2.45) is 0 Å². The Morgan fingerprint density at radius 1 is 1.19 bits per heavy atom. The number of fused-ring (bicyclic) bond motifs is 1. The van der Waals surface area contributed by atoms with Gasteiger partial charge in [0, 0.05) is 34.8 Å². The van der Waals surface area contributed by atoms with E-state index in [1.807, 2.05) is 12.3 Å². The first-order valence-corrected chi connectivity index (χ1v) is 8.20. The monoisotopic (exact) mass is 349 g/mol. The molecule has 130 valence electrons. The Bertz CT molecular complexity index is 1050. The van der Waals surface area contributed by atoms with Gasteiger partial charge in [-0.2, -0.15) is 5.10 Å². The Morgan fingerprint density at radius 2 is 2.12 bits per heavy atom. The van der Waals surface area contributed by atoms with E-state index in [2.05, 4.69) is 25.5 Å². The van der Waals surface area contributed by atoms with E-state index < -0.39 is 0 Å². The summed E-state index contributed by atoms with van der Waals surface area (Å²) in [4.78, 5) is 19.5. The highest BCUT2D eigenvalue weighted by atomic mass is 19.1. The molecule has 2 heterocycles. The van der Waals surface area contributed by atoms with Gasteiger partial charge in [-0.3, -0.25) is 9.89 Å². The third-order valence-electron chi connectivity index (χ3n) is 4.22. The van der Waals surface area contributed by atoms with Crippen molar-refractivity contribution in [3.8, 4) is 11.4 Å². The van der Waals surface area contributed by atoms with Gasteiger partial charge in [0.25, 0.3) is 5.91 Å². The van der Waals surface area contributed by atoms with Crippen LogP contribution in [-0.2, 0) is 6.42 Å². The molecule has 2 aromatic heterocycles. The molecule has 0 fully saturated rings. The molecule has 2 aromatic carbocycles. The zero-order valence-electron chi connectivity index (χ0n) is 13.8. The van der Waals surface area contributed by atoms with E-state index in [1.165, 1.54) is 18.5 Å². The quantitative estimate of drug-likeness (QED) is 0.517. The molecule has 6 nitrogen and oxygen atoms in total. The number of benzene rings is 2. The number of amides is 1. The first-order chi connectivity index (χ1) is 12.7. The Balaban J connectivity index is 1.42. The minimum absolute atomic E-state index is 0.155. The second-order valence-electron chi connectivity index (χ2n) is 5.92. The average Bonchev–Trinajstić information content (AvgIpc) is 3.32. The summed E-state index contributed by atoms with van der Waals surface area (Å²) in [5.41, 5.74) is 3.15. The molecule has 0 bridgehead atoms. The minimum Gasteiger partial charge on any atom is -0.361 e. The Morgan fingerprint density at radius 3 is 2.96 bits per heavy atom. The van der Waals surface area contributed by atoms with Gasteiger partial charge in [-0.1, -0.05) is 12.1 Å². The molecule has 1 amide bonds. The smallest absolute Gasteiger partial charge is 0.251 e. The molecule has 0 radical (unpaired) electrons. The molecule has 0 atom stereocenters. The fourth-order valence-corrected chi connectivity index (χ4v) is 2.93. The number of aromatic nitrogens is 4. The molecule has 0 aliphatic rings. The number of halogens is 1. The lowest BCUT2D eigenvalue weighted by atomic mass is 10.1. The zero-order chi connectivity index (χ0) is 17.9.